The standard InChI is InChI=1S/C26H38N2O/c1-2-3-4-5-12-19-27-26(29)24-17-20-28(21-18-24)25(22-13-8-6-9-14-22)23-15-10-7-11-16-23/h6,8-10,13-16,24-25H,2-5,7,11-12,17-21H2,1H3,(H,27,29). The SMILES string of the molecule is CCCCCCCNC(=O)C1CCN(C(C2=CCCC=C2)c2ccccc2)CC1. The summed E-state index contributed by atoms with van der Waals surface area (Å²) in [6.45, 7) is 5.04. The minimum atomic E-state index is 0.175. The first-order chi connectivity index (χ1) is 14.3. The summed E-state index contributed by atoms with van der Waals surface area (Å²) in [6, 6.07) is 11.2. The van der Waals surface area contributed by atoms with Crippen molar-refractivity contribution in [3.8, 4) is 0 Å². The first kappa shape index (κ1) is 21.8. The Kier molecular flexibility index (Phi) is 9.01. The van der Waals surface area contributed by atoms with Gasteiger partial charge >= 0.3 is 0 Å². The summed E-state index contributed by atoms with van der Waals surface area (Å²) in [4.78, 5) is 15.2. The molecule has 1 unspecified atom stereocenters. The molecule has 0 spiro atoms. The first-order valence-corrected chi connectivity index (χ1v) is 11.7. The highest BCUT2D eigenvalue weighted by Crippen LogP contribution is 2.34. The van der Waals surface area contributed by atoms with Crippen molar-refractivity contribution in [1.82, 2.24) is 10.2 Å². The van der Waals surface area contributed by atoms with Crippen LogP contribution in [-0.2, 0) is 4.79 Å². The van der Waals surface area contributed by atoms with Gasteiger partial charge in [0.2, 0.25) is 5.91 Å². The summed E-state index contributed by atoms with van der Waals surface area (Å²) in [6.07, 6.45) is 17.4. The Morgan fingerprint density at radius 1 is 1.07 bits per heavy atom. The van der Waals surface area contributed by atoms with Crippen molar-refractivity contribution in [2.45, 2.75) is 70.8 Å². The van der Waals surface area contributed by atoms with Gasteiger partial charge in [-0.3, -0.25) is 9.69 Å². The Hall–Kier alpha value is -1.87. The summed E-state index contributed by atoms with van der Waals surface area (Å²) in [5.41, 5.74) is 2.78. The molecule has 1 fully saturated rings. The van der Waals surface area contributed by atoms with Crippen LogP contribution in [0.3, 0.4) is 0 Å². The van der Waals surface area contributed by atoms with E-state index < -0.39 is 0 Å². The first-order valence-electron chi connectivity index (χ1n) is 11.7. The second-order valence-corrected chi connectivity index (χ2v) is 8.51. The predicted molar refractivity (Wildman–Crippen MR) is 122 cm³/mol. The molecule has 3 rings (SSSR count). The summed E-state index contributed by atoms with van der Waals surface area (Å²) in [7, 11) is 0. The van der Waals surface area contributed by atoms with Crippen LogP contribution in [0.5, 0.6) is 0 Å². The number of nitrogens with one attached hydrogen (secondary N) is 1. The van der Waals surface area contributed by atoms with E-state index in [9.17, 15) is 4.79 Å². The van der Waals surface area contributed by atoms with Crippen LogP contribution in [0.15, 0.2) is 54.1 Å². The smallest absolute Gasteiger partial charge is 0.223 e. The van der Waals surface area contributed by atoms with Crippen molar-refractivity contribution in [3.63, 3.8) is 0 Å². The van der Waals surface area contributed by atoms with Gasteiger partial charge in [-0.15, -0.1) is 0 Å². The molecule has 0 aromatic heterocycles. The van der Waals surface area contributed by atoms with Crippen molar-refractivity contribution >= 4 is 5.91 Å². The van der Waals surface area contributed by atoms with Gasteiger partial charge in [-0.2, -0.15) is 0 Å². The van der Waals surface area contributed by atoms with E-state index in [4.69, 9.17) is 0 Å². The fourth-order valence-electron chi connectivity index (χ4n) is 4.59. The molecule has 1 N–H and O–H groups in total. The third kappa shape index (κ3) is 6.57. The topological polar surface area (TPSA) is 32.3 Å². The summed E-state index contributed by atoms with van der Waals surface area (Å²) < 4.78 is 0. The van der Waals surface area contributed by atoms with Crippen molar-refractivity contribution in [2.75, 3.05) is 19.6 Å². The molecule has 0 saturated carbocycles. The number of carbonyl (C=O) groups is 1. The number of amides is 1. The van der Waals surface area contributed by atoms with Crippen LogP contribution in [-0.4, -0.2) is 30.4 Å². The maximum absolute atomic E-state index is 12.6. The van der Waals surface area contributed by atoms with Crippen LogP contribution in [0.2, 0.25) is 0 Å². The highest BCUT2D eigenvalue weighted by molar-refractivity contribution is 5.78. The zero-order chi connectivity index (χ0) is 20.3. The van der Waals surface area contributed by atoms with Gasteiger partial charge in [0, 0.05) is 12.5 Å². The number of piperidine rings is 1. The van der Waals surface area contributed by atoms with E-state index in [1.807, 2.05) is 0 Å². The number of hydrogen-bond donors (Lipinski definition) is 1. The van der Waals surface area contributed by atoms with Crippen molar-refractivity contribution in [2.24, 2.45) is 5.92 Å². The van der Waals surface area contributed by atoms with Crippen LogP contribution in [0.25, 0.3) is 0 Å². The van der Waals surface area contributed by atoms with Gasteiger partial charge in [0.15, 0.2) is 0 Å². The van der Waals surface area contributed by atoms with Crippen LogP contribution >= 0.6 is 0 Å². The van der Waals surface area contributed by atoms with Crippen LogP contribution in [0, 0.1) is 5.92 Å². The maximum Gasteiger partial charge on any atom is 0.223 e. The van der Waals surface area contributed by atoms with Gasteiger partial charge in [-0.05, 0) is 56.3 Å². The molecular formula is C26H38N2O. The average Bonchev–Trinajstić information content (AvgIpc) is 2.78. The monoisotopic (exact) mass is 394 g/mol. The molecule has 2 aliphatic rings. The number of rotatable bonds is 10. The Balaban J connectivity index is 1.51. The number of unbranched alkanes of at least 4 members (excludes halogenated alkanes) is 4. The molecule has 1 saturated heterocycles. The molecule has 29 heavy (non-hydrogen) atoms. The number of nitrogens with zero attached hydrogens (tertiary/aromatic N) is 1. The lowest BCUT2D eigenvalue weighted by Crippen LogP contribution is -2.42. The molecule has 1 aromatic carbocycles. The molecule has 0 bridgehead atoms. The van der Waals surface area contributed by atoms with Gasteiger partial charge in [-0.25, -0.2) is 0 Å². The van der Waals surface area contributed by atoms with E-state index in [0.29, 0.717) is 6.04 Å². The van der Waals surface area contributed by atoms with Crippen molar-refractivity contribution in [1.29, 1.82) is 0 Å². The normalized spacial score (nSPS) is 19.0. The van der Waals surface area contributed by atoms with Crippen LogP contribution in [0.1, 0.15) is 76.3 Å². The Labute approximate surface area is 177 Å². The number of benzene rings is 1. The zero-order valence-electron chi connectivity index (χ0n) is 18.1. The third-order valence-corrected chi connectivity index (χ3v) is 6.30. The fraction of sp³-hybridized carbons (Fsp3) is 0.577. The molecule has 1 aromatic rings. The van der Waals surface area contributed by atoms with E-state index in [0.717, 1.165) is 51.7 Å². The number of likely N-dealkylation sites (tertiary alicyclic amines) is 1. The zero-order valence-corrected chi connectivity index (χ0v) is 18.1. The number of allylic oxidation sites excluding steroid dienone is 2. The van der Waals surface area contributed by atoms with Gasteiger partial charge in [-0.1, -0.05) is 81.2 Å². The van der Waals surface area contributed by atoms with E-state index in [1.54, 1.807) is 0 Å². The highest BCUT2D eigenvalue weighted by Gasteiger charge is 2.30. The second-order valence-electron chi connectivity index (χ2n) is 8.51. The molecule has 1 aliphatic carbocycles. The van der Waals surface area contributed by atoms with Gasteiger partial charge in [0.05, 0.1) is 6.04 Å². The number of hydrogen-bond acceptors (Lipinski definition) is 2. The molecular weight excluding hydrogens is 356 g/mol. The number of carbonyl (C=O) groups excluding carboxylic acids is 1. The Morgan fingerprint density at radius 3 is 2.52 bits per heavy atom. The van der Waals surface area contributed by atoms with Crippen molar-refractivity contribution in [3.05, 3.63) is 59.7 Å². The quantitative estimate of drug-likeness (QED) is 0.508. The predicted octanol–water partition coefficient (Wildman–Crippen LogP) is 5.80. The third-order valence-electron chi connectivity index (χ3n) is 6.30. The largest absolute Gasteiger partial charge is 0.356 e. The molecule has 1 aliphatic heterocycles. The average molecular weight is 395 g/mol. The minimum absolute atomic E-state index is 0.175. The molecule has 3 heteroatoms. The summed E-state index contributed by atoms with van der Waals surface area (Å²) in [5, 5.41) is 3.19. The lowest BCUT2D eigenvalue weighted by molar-refractivity contribution is -0.126. The van der Waals surface area contributed by atoms with E-state index >= 15 is 0 Å². The molecule has 1 amide bonds. The van der Waals surface area contributed by atoms with E-state index in [1.165, 1.54) is 36.8 Å². The van der Waals surface area contributed by atoms with Gasteiger partial charge in [0.25, 0.3) is 0 Å². The van der Waals surface area contributed by atoms with Crippen LogP contribution in [0.4, 0.5) is 0 Å². The summed E-state index contributed by atoms with van der Waals surface area (Å²) in [5.74, 6) is 0.447. The lowest BCUT2D eigenvalue weighted by atomic mass is 9.89. The van der Waals surface area contributed by atoms with E-state index in [2.05, 4.69) is 65.7 Å². The molecule has 1 atom stereocenters. The molecule has 1 heterocycles. The lowest BCUT2D eigenvalue weighted by Gasteiger charge is -2.38. The maximum atomic E-state index is 12.6. The minimum Gasteiger partial charge on any atom is -0.356 e. The molecule has 3 nitrogen and oxygen atoms in total. The Bertz CT molecular complexity index is 671. The van der Waals surface area contributed by atoms with E-state index in [-0.39, 0.29) is 11.8 Å². The second kappa shape index (κ2) is 12.0. The highest BCUT2D eigenvalue weighted by atomic mass is 16.1. The van der Waals surface area contributed by atoms with Gasteiger partial charge < -0.3 is 5.32 Å². The molecule has 0 radical (unpaired) electrons. The van der Waals surface area contributed by atoms with Gasteiger partial charge in [0.1, 0.15) is 0 Å². The van der Waals surface area contributed by atoms with Crippen LogP contribution < -0.4 is 5.32 Å². The van der Waals surface area contributed by atoms with Crippen molar-refractivity contribution < 1.29 is 4.79 Å². The summed E-state index contributed by atoms with van der Waals surface area (Å²) >= 11 is 0. The fourth-order valence-corrected chi connectivity index (χ4v) is 4.59. The molecule has 158 valence electrons. The Morgan fingerprint density at radius 2 is 1.83 bits per heavy atom.